The van der Waals surface area contributed by atoms with Gasteiger partial charge in [-0.3, -0.25) is 9.59 Å². The van der Waals surface area contributed by atoms with Gasteiger partial charge in [-0.1, -0.05) is 0 Å². The third-order valence-electron chi connectivity index (χ3n) is 2.46. The van der Waals surface area contributed by atoms with E-state index in [0.29, 0.717) is 15.7 Å². The molecule has 1 aromatic rings. The molecule has 1 aromatic carbocycles. The predicted octanol–water partition coefficient (Wildman–Crippen LogP) is 2.46. The molecule has 0 fully saturated rings. The molecule has 0 bridgehead atoms. The van der Waals surface area contributed by atoms with E-state index in [-0.39, 0.29) is 30.7 Å². The van der Waals surface area contributed by atoms with Crippen LogP contribution in [0.2, 0.25) is 0 Å². The third kappa shape index (κ3) is 4.77. The molecule has 0 spiro atoms. The Kier molecular flexibility index (Phi) is 6.20. The maximum atomic E-state index is 13.0. The van der Waals surface area contributed by atoms with Crippen LogP contribution in [-0.2, 0) is 9.53 Å². The first kappa shape index (κ1) is 15.9. The Balaban J connectivity index is 2.64. The number of rotatable bonds is 5. The third-order valence-corrected chi connectivity index (χ3v) is 3.36. The maximum Gasteiger partial charge on any atom is 0.307 e. The van der Waals surface area contributed by atoms with E-state index in [1.807, 2.05) is 22.6 Å². The molecule has 0 radical (unpaired) electrons. The Hall–Kier alpha value is -1.18. The fourth-order valence-corrected chi connectivity index (χ4v) is 2.17. The highest BCUT2D eigenvalue weighted by Gasteiger charge is 2.16. The van der Waals surface area contributed by atoms with Crippen molar-refractivity contribution in [2.75, 3.05) is 20.2 Å². The van der Waals surface area contributed by atoms with Gasteiger partial charge in [0.1, 0.15) is 5.82 Å². The number of nitrogens with zero attached hydrogens (tertiary/aromatic N) is 1. The Bertz CT molecular complexity index is 479. The molecule has 0 heterocycles. The second kappa shape index (κ2) is 7.42. The van der Waals surface area contributed by atoms with E-state index < -0.39 is 0 Å². The molecule has 0 atom stereocenters. The van der Waals surface area contributed by atoms with Crippen molar-refractivity contribution >= 4 is 34.5 Å². The minimum atomic E-state index is -0.380. The Morgan fingerprint density at radius 1 is 1.42 bits per heavy atom. The molecular formula is C13H15FINO3. The zero-order chi connectivity index (χ0) is 14.4. The number of benzene rings is 1. The highest BCUT2D eigenvalue weighted by Crippen LogP contribution is 2.15. The molecule has 0 aromatic heterocycles. The zero-order valence-corrected chi connectivity index (χ0v) is 12.9. The summed E-state index contributed by atoms with van der Waals surface area (Å²) in [5, 5.41) is 0. The van der Waals surface area contributed by atoms with Crippen LogP contribution in [0.25, 0.3) is 0 Å². The monoisotopic (exact) mass is 379 g/mol. The molecule has 0 unspecified atom stereocenters. The second-order valence-electron chi connectivity index (χ2n) is 3.91. The standard InChI is InChI=1S/C13H15FINO3/c1-3-19-12(17)6-7-16(2)13(18)10-5-4-9(14)8-11(10)15/h4-5,8H,3,6-7H2,1-2H3. The molecule has 1 rings (SSSR count). The summed E-state index contributed by atoms with van der Waals surface area (Å²) >= 11 is 1.91. The number of carbonyl (C=O) groups is 2. The van der Waals surface area contributed by atoms with E-state index in [1.165, 1.54) is 23.1 Å². The summed E-state index contributed by atoms with van der Waals surface area (Å²) in [4.78, 5) is 24.7. The summed E-state index contributed by atoms with van der Waals surface area (Å²) in [6, 6.07) is 3.99. The van der Waals surface area contributed by atoms with Crippen LogP contribution in [0.4, 0.5) is 4.39 Å². The van der Waals surface area contributed by atoms with Crippen LogP contribution in [0.15, 0.2) is 18.2 Å². The highest BCUT2D eigenvalue weighted by molar-refractivity contribution is 14.1. The van der Waals surface area contributed by atoms with Gasteiger partial charge < -0.3 is 9.64 Å². The predicted molar refractivity (Wildman–Crippen MR) is 77.3 cm³/mol. The van der Waals surface area contributed by atoms with Crippen molar-refractivity contribution in [3.05, 3.63) is 33.1 Å². The Morgan fingerprint density at radius 2 is 2.11 bits per heavy atom. The molecule has 104 valence electrons. The number of ether oxygens (including phenoxy) is 1. The van der Waals surface area contributed by atoms with Crippen LogP contribution in [0.5, 0.6) is 0 Å². The summed E-state index contributed by atoms with van der Waals surface area (Å²) in [6.45, 7) is 2.32. The SMILES string of the molecule is CCOC(=O)CCN(C)C(=O)c1ccc(F)cc1I. The first-order valence-electron chi connectivity index (χ1n) is 5.81. The molecule has 0 aliphatic heterocycles. The van der Waals surface area contributed by atoms with E-state index in [0.717, 1.165) is 0 Å². The van der Waals surface area contributed by atoms with Crippen molar-refractivity contribution in [3.8, 4) is 0 Å². The molecule has 0 aliphatic carbocycles. The fourth-order valence-electron chi connectivity index (χ4n) is 1.46. The van der Waals surface area contributed by atoms with Gasteiger partial charge in [0.05, 0.1) is 18.6 Å². The fraction of sp³-hybridized carbons (Fsp3) is 0.385. The number of hydrogen-bond acceptors (Lipinski definition) is 3. The first-order chi connectivity index (χ1) is 8.95. The lowest BCUT2D eigenvalue weighted by molar-refractivity contribution is -0.143. The van der Waals surface area contributed by atoms with E-state index in [4.69, 9.17) is 4.74 Å². The highest BCUT2D eigenvalue weighted by atomic mass is 127. The number of hydrogen-bond donors (Lipinski definition) is 0. The number of amides is 1. The molecule has 0 saturated heterocycles. The van der Waals surface area contributed by atoms with E-state index in [2.05, 4.69) is 0 Å². The Morgan fingerprint density at radius 3 is 2.68 bits per heavy atom. The van der Waals surface area contributed by atoms with Crippen LogP contribution in [-0.4, -0.2) is 37.0 Å². The van der Waals surface area contributed by atoms with Crippen molar-refractivity contribution in [2.45, 2.75) is 13.3 Å². The molecule has 6 heteroatoms. The molecular weight excluding hydrogens is 364 g/mol. The van der Waals surface area contributed by atoms with Crippen molar-refractivity contribution in [1.29, 1.82) is 0 Å². The minimum Gasteiger partial charge on any atom is -0.466 e. The van der Waals surface area contributed by atoms with Gasteiger partial charge in [0.2, 0.25) is 0 Å². The van der Waals surface area contributed by atoms with Crippen LogP contribution in [0, 0.1) is 9.39 Å². The van der Waals surface area contributed by atoms with E-state index in [9.17, 15) is 14.0 Å². The lowest BCUT2D eigenvalue weighted by Crippen LogP contribution is -2.30. The molecule has 0 aliphatic rings. The van der Waals surface area contributed by atoms with Crippen molar-refractivity contribution in [1.82, 2.24) is 4.90 Å². The first-order valence-corrected chi connectivity index (χ1v) is 6.89. The molecule has 0 saturated carbocycles. The quantitative estimate of drug-likeness (QED) is 0.584. The molecule has 0 N–H and O–H groups in total. The largest absolute Gasteiger partial charge is 0.466 e. The summed E-state index contributed by atoms with van der Waals surface area (Å²) in [6.07, 6.45) is 0.147. The average Bonchev–Trinajstić information content (AvgIpc) is 2.35. The van der Waals surface area contributed by atoms with E-state index in [1.54, 1.807) is 14.0 Å². The Labute approximate surface area is 125 Å². The topological polar surface area (TPSA) is 46.6 Å². The average molecular weight is 379 g/mol. The van der Waals surface area contributed by atoms with Crippen LogP contribution in [0.1, 0.15) is 23.7 Å². The number of halogens is 2. The van der Waals surface area contributed by atoms with Gasteiger partial charge in [0.25, 0.3) is 5.91 Å². The number of esters is 1. The maximum absolute atomic E-state index is 13.0. The van der Waals surface area contributed by atoms with Crippen LogP contribution >= 0.6 is 22.6 Å². The summed E-state index contributed by atoms with van der Waals surface area (Å²) in [5.41, 5.74) is 0.424. The van der Waals surface area contributed by atoms with Gasteiger partial charge in [0.15, 0.2) is 0 Å². The summed E-state index contributed by atoms with van der Waals surface area (Å²) < 4.78 is 18.3. The molecule has 1 amide bonds. The molecule has 4 nitrogen and oxygen atoms in total. The number of carbonyl (C=O) groups excluding carboxylic acids is 2. The van der Waals surface area contributed by atoms with Gasteiger partial charge in [0, 0.05) is 17.2 Å². The van der Waals surface area contributed by atoms with Gasteiger partial charge in [-0.2, -0.15) is 0 Å². The van der Waals surface area contributed by atoms with Crippen molar-refractivity contribution in [2.24, 2.45) is 0 Å². The van der Waals surface area contributed by atoms with E-state index >= 15 is 0 Å². The van der Waals surface area contributed by atoms with Crippen molar-refractivity contribution < 1.29 is 18.7 Å². The zero-order valence-electron chi connectivity index (χ0n) is 10.8. The summed E-state index contributed by atoms with van der Waals surface area (Å²) in [5.74, 6) is -0.959. The van der Waals surface area contributed by atoms with Gasteiger partial charge >= 0.3 is 5.97 Å². The summed E-state index contributed by atoms with van der Waals surface area (Å²) in [7, 11) is 1.60. The smallest absolute Gasteiger partial charge is 0.307 e. The molecule has 19 heavy (non-hydrogen) atoms. The van der Waals surface area contributed by atoms with Gasteiger partial charge in [-0.05, 0) is 47.7 Å². The normalized spacial score (nSPS) is 10.1. The second-order valence-corrected chi connectivity index (χ2v) is 5.07. The van der Waals surface area contributed by atoms with Gasteiger partial charge in [-0.15, -0.1) is 0 Å². The lowest BCUT2D eigenvalue weighted by Gasteiger charge is -2.17. The van der Waals surface area contributed by atoms with Crippen LogP contribution in [0.3, 0.4) is 0 Å². The van der Waals surface area contributed by atoms with Crippen LogP contribution < -0.4 is 0 Å². The van der Waals surface area contributed by atoms with Gasteiger partial charge in [-0.25, -0.2) is 4.39 Å². The van der Waals surface area contributed by atoms with Crippen molar-refractivity contribution in [3.63, 3.8) is 0 Å². The lowest BCUT2D eigenvalue weighted by atomic mass is 10.2. The minimum absolute atomic E-state index is 0.147.